The van der Waals surface area contributed by atoms with Crippen molar-refractivity contribution >= 4 is 28.1 Å². The molecule has 1 aromatic carbocycles. The van der Waals surface area contributed by atoms with Gasteiger partial charge < -0.3 is 10.2 Å². The van der Waals surface area contributed by atoms with Crippen LogP contribution in [0.2, 0.25) is 0 Å². The molecule has 0 atom stereocenters. The number of anilines is 2. The molecule has 0 radical (unpaired) electrons. The summed E-state index contributed by atoms with van der Waals surface area (Å²) in [4.78, 5) is 14.0. The molecule has 2 rings (SSSR count). The average Bonchev–Trinajstić information content (AvgIpc) is 2.75. The van der Waals surface area contributed by atoms with E-state index in [1.807, 2.05) is 56.3 Å². The molecule has 0 fully saturated rings. The van der Waals surface area contributed by atoms with E-state index in [-0.39, 0.29) is 5.91 Å². The Balaban J connectivity index is 2.09. The van der Waals surface area contributed by atoms with Gasteiger partial charge in [0.2, 0.25) is 0 Å². The molecule has 0 aliphatic rings. The zero-order chi connectivity index (χ0) is 13.1. The third kappa shape index (κ3) is 2.87. The molecule has 2 aromatic rings. The first-order valence-electron chi connectivity index (χ1n) is 5.58. The summed E-state index contributed by atoms with van der Waals surface area (Å²) in [6, 6.07) is 9.34. The third-order valence-corrected chi connectivity index (χ3v) is 3.31. The Labute approximate surface area is 110 Å². The second kappa shape index (κ2) is 5.18. The Hall–Kier alpha value is -1.88. The number of aryl methyl sites for hydroxylation is 1. The summed E-state index contributed by atoms with van der Waals surface area (Å²) in [5.41, 5.74) is 2.63. The lowest BCUT2D eigenvalue weighted by atomic mass is 10.2. The van der Waals surface area contributed by atoms with E-state index in [0.29, 0.717) is 5.56 Å². The molecule has 1 heterocycles. The molecule has 1 aromatic heterocycles. The number of carbonyl (C=O) groups is 1. The maximum atomic E-state index is 12.0. The van der Waals surface area contributed by atoms with Crippen molar-refractivity contribution in [3.05, 3.63) is 41.6 Å². The van der Waals surface area contributed by atoms with Crippen molar-refractivity contribution in [2.24, 2.45) is 0 Å². The molecule has 1 amide bonds. The Kier molecular flexibility index (Phi) is 3.62. The summed E-state index contributed by atoms with van der Waals surface area (Å²) in [5.74, 6) is -0.107. The maximum Gasteiger partial charge on any atom is 0.256 e. The van der Waals surface area contributed by atoms with Gasteiger partial charge in [0, 0.05) is 25.3 Å². The summed E-state index contributed by atoms with van der Waals surface area (Å²) >= 11 is 1.29. The van der Waals surface area contributed by atoms with Crippen LogP contribution in [0, 0.1) is 6.92 Å². The van der Waals surface area contributed by atoms with Crippen LogP contribution >= 0.6 is 11.5 Å². The average molecular weight is 261 g/mol. The van der Waals surface area contributed by atoms with E-state index >= 15 is 0 Å². The van der Waals surface area contributed by atoms with Crippen LogP contribution in [-0.4, -0.2) is 24.4 Å². The Morgan fingerprint density at radius 3 is 2.44 bits per heavy atom. The lowest BCUT2D eigenvalue weighted by Crippen LogP contribution is -2.12. The van der Waals surface area contributed by atoms with Gasteiger partial charge in [-0.15, -0.1) is 0 Å². The summed E-state index contributed by atoms with van der Waals surface area (Å²) in [6.45, 7) is 1.90. The highest BCUT2D eigenvalue weighted by Gasteiger charge is 2.08. The summed E-state index contributed by atoms with van der Waals surface area (Å²) in [7, 11) is 3.93. The van der Waals surface area contributed by atoms with Crippen molar-refractivity contribution in [1.29, 1.82) is 0 Å². The molecule has 94 valence electrons. The molecule has 1 N–H and O–H groups in total. The fourth-order valence-corrected chi connectivity index (χ4v) is 2.17. The Morgan fingerprint density at radius 1 is 1.28 bits per heavy atom. The highest BCUT2D eigenvalue weighted by atomic mass is 32.1. The fourth-order valence-electron chi connectivity index (χ4n) is 1.52. The van der Waals surface area contributed by atoms with Crippen LogP contribution in [0.3, 0.4) is 0 Å². The zero-order valence-electron chi connectivity index (χ0n) is 10.6. The second-order valence-corrected chi connectivity index (χ2v) is 5.03. The highest BCUT2D eigenvalue weighted by molar-refractivity contribution is 7.10. The molecule has 0 bridgehead atoms. The van der Waals surface area contributed by atoms with Crippen LogP contribution in [0.1, 0.15) is 16.1 Å². The van der Waals surface area contributed by atoms with Crippen LogP contribution in [0.5, 0.6) is 0 Å². The normalized spacial score (nSPS) is 10.2. The van der Waals surface area contributed by atoms with Gasteiger partial charge in [-0.05, 0) is 48.8 Å². The predicted molar refractivity (Wildman–Crippen MR) is 75.6 cm³/mol. The molecule has 0 saturated carbocycles. The number of amides is 1. The second-order valence-electron chi connectivity index (χ2n) is 4.23. The van der Waals surface area contributed by atoms with Crippen molar-refractivity contribution in [2.45, 2.75) is 6.92 Å². The molecule has 0 spiro atoms. The number of nitrogens with one attached hydrogen (secondary N) is 1. The molecule has 0 saturated heterocycles. The summed E-state index contributed by atoms with van der Waals surface area (Å²) in [6.07, 6.45) is 0. The van der Waals surface area contributed by atoms with Crippen LogP contribution < -0.4 is 10.2 Å². The lowest BCUT2D eigenvalue weighted by molar-refractivity contribution is 0.102. The van der Waals surface area contributed by atoms with Crippen LogP contribution in [-0.2, 0) is 0 Å². The van der Waals surface area contributed by atoms with Crippen molar-refractivity contribution in [1.82, 2.24) is 4.37 Å². The molecular weight excluding hydrogens is 246 g/mol. The van der Waals surface area contributed by atoms with Crippen LogP contribution in [0.25, 0.3) is 0 Å². The van der Waals surface area contributed by atoms with Crippen molar-refractivity contribution in [2.75, 3.05) is 24.3 Å². The first kappa shape index (κ1) is 12.6. The predicted octanol–water partition coefficient (Wildman–Crippen LogP) is 2.77. The van der Waals surface area contributed by atoms with E-state index in [0.717, 1.165) is 16.4 Å². The van der Waals surface area contributed by atoms with E-state index in [4.69, 9.17) is 0 Å². The monoisotopic (exact) mass is 261 g/mol. The van der Waals surface area contributed by atoms with Gasteiger partial charge in [0.05, 0.1) is 5.69 Å². The number of rotatable bonds is 3. The minimum absolute atomic E-state index is 0.107. The van der Waals surface area contributed by atoms with Crippen molar-refractivity contribution in [3.63, 3.8) is 0 Å². The van der Waals surface area contributed by atoms with Crippen molar-refractivity contribution in [3.8, 4) is 0 Å². The molecule has 4 nitrogen and oxygen atoms in total. The number of aromatic nitrogens is 1. The largest absolute Gasteiger partial charge is 0.378 e. The van der Waals surface area contributed by atoms with Gasteiger partial charge in [0.15, 0.2) is 0 Å². The number of nitrogens with zero attached hydrogens (tertiary/aromatic N) is 2. The third-order valence-electron chi connectivity index (χ3n) is 2.51. The van der Waals surface area contributed by atoms with Gasteiger partial charge in [0.1, 0.15) is 5.00 Å². The maximum absolute atomic E-state index is 12.0. The molecular formula is C13H15N3OS. The standard InChI is InChI=1S/C13H15N3OS/c1-9-8-12(18-15-9)14-13(17)10-4-6-11(7-5-10)16(2)3/h4-8H,1-3H3,(H,14,17). The molecule has 18 heavy (non-hydrogen) atoms. The first-order valence-corrected chi connectivity index (χ1v) is 6.35. The summed E-state index contributed by atoms with van der Waals surface area (Å²) < 4.78 is 4.12. The zero-order valence-corrected chi connectivity index (χ0v) is 11.4. The smallest absolute Gasteiger partial charge is 0.256 e. The van der Waals surface area contributed by atoms with Gasteiger partial charge >= 0.3 is 0 Å². The quantitative estimate of drug-likeness (QED) is 0.924. The van der Waals surface area contributed by atoms with Crippen molar-refractivity contribution < 1.29 is 4.79 Å². The molecule has 5 heteroatoms. The number of carbonyl (C=O) groups excluding carboxylic acids is 1. The molecule has 0 aliphatic heterocycles. The number of benzene rings is 1. The number of hydrogen-bond acceptors (Lipinski definition) is 4. The Morgan fingerprint density at radius 2 is 1.94 bits per heavy atom. The first-order chi connectivity index (χ1) is 8.56. The van der Waals surface area contributed by atoms with Crippen LogP contribution in [0.15, 0.2) is 30.3 Å². The van der Waals surface area contributed by atoms with E-state index in [1.165, 1.54) is 11.5 Å². The van der Waals surface area contributed by atoms with Gasteiger partial charge in [0.25, 0.3) is 5.91 Å². The minimum atomic E-state index is -0.107. The lowest BCUT2D eigenvalue weighted by Gasteiger charge is -2.12. The van der Waals surface area contributed by atoms with Gasteiger partial charge in [-0.1, -0.05) is 0 Å². The topological polar surface area (TPSA) is 45.2 Å². The van der Waals surface area contributed by atoms with Crippen LogP contribution in [0.4, 0.5) is 10.7 Å². The molecule has 0 unspecified atom stereocenters. The SMILES string of the molecule is Cc1cc(NC(=O)c2ccc(N(C)C)cc2)sn1. The Bertz CT molecular complexity index is 546. The highest BCUT2D eigenvalue weighted by Crippen LogP contribution is 2.18. The van der Waals surface area contributed by atoms with Gasteiger partial charge in [-0.25, -0.2) is 0 Å². The van der Waals surface area contributed by atoms with E-state index in [1.54, 1.807) is 0 Å². The van der Waals surface area contributed by atoms with E-state index < -0.39 is 0 Å². The van der Waals surface area contributed by atoms with Gasteiger partial charge in [-0.2, -0.15) is 4.37 Å². The molecule has 0 aliphatic carbocycles. The van der Waals surface area contributed by atoms with E-state index in [9.17, 15) is 4.79 Å². The van der Waals surface area contributed by atoms with E-state index in [2.05, 4.69) is 9.69 Å². The number of hydrogen-bond donors (Lipinski definition) is 1. The minimum Gasteiger partial charge on any atom is -0.378 e. The fraction of sp³-hybridized carbons (Fsp3) is 0.231. The summed E-state index contributed by atoms with van der Waals surface area (Å²) in [5, 5.41) is 3.60. The van der Waals surface area contributed by atoms with Gasteiger partial charge in [-0.3, -0.25) is 4.79 Å².